The van der Waals surface area contributed by atoms with Gasteiger partial charge in [-0.2, -0.15) is 5.10 Å². The molecule has 2 N–H and O–H groups in total. The molecule has 1 saturated heterocycles. The van der Waals surface area contributed by atoms with Crippen molar-refractivity contribution in [2.45, 2.75) is 44.9 Å². The summed E-state index contributed by atoms with van der Waals surface area (Å²) in [5.74, 6) is 0.866. The number of nitrogens with zero attached hydrogens (tertiary/aromatic N) is 2. The van der Waals surface area contributed by atoms with Gasteiger partial charge in [0.05, 0.1) is 12.1 Å². The topological polar surface area (TPSA) is 87.3 Å². The molecule has 2 amide bonds. The molecule has 8 heteroatoms. The lowest BCUT2D eigenvalue weighted by Gasteiger charge is -2.32. The van der Waals surface area contributed by atoms with Crippen molar-refractivity contribution in [2.24, 2.45) is 5.92 Å². The fraction of sp³-hybridized carbons (Fsp3) is 0.500. The van der Waals surface area contributed by atoms with Crippen molar-refractivity contribution in [3.8, 4) is 5.75 Å². The van der Waals surface area contributed by atoms with Crippen LogP contribution in [0.25, 0.3) is 0 Å². The van der Waals surface area contributed by atoms with Crippen molar-refractivity contribution in [1.82, 2.24) is 15.1 Å². The highest BCUT2D eigenvalue weighted by molar-refractivity contribution is 6.32. The third-order valence-electron chi connectivity index (χ3n) is 6.03. The molecule has 1 atom stereocenters. The SMILES string of the molecule is COc1ccc(NC(=O)CCC2CCCN(C(=O)c3n[nH]c4c3CCC4)C2)cc1Cl. The molecule has 1 aromatic heterocycles. The van der Waals surface area contributed by atoms with E-state index in [1.807, 2.05) is 4.90 Å². The van der Waals surface area contributed by atoms with Gasteiger partial charge in [0.1, 0.15) is 5.75 Å². The van der Waals surface area contributed by atoms with Crippen molar-refractivity contribution >= 4 is 29.1 Å². The molecule has 4 rings (SSSR count). The zero-order valence-electron chi connectivity index (χ0n) is 17.2. The molecule has 160 valence electrons. The van der Waals surface area contributed by atoms with Crippen molar-refractivity contribution in [3.63, 3.8) is 0 Å². The Morgan fingerprint density at radius 1 is 1.33 bits per heavy atom. The number of aromatic nitrogens is 2. The Hall–Kier alpha value is -2.54. The summed E-state index contributed by atoms with van der Waals surface area (Å²) in [5.41, 5.74) is 3.46. The molecule has 0 spiro atoms. The molecule has 1 aliphatic heterocycles. The molecule has 7 nitrogen and oxygen atoms in total. The molecule has 2 aliphatic rings. The van der Waals surface area contributed by atoms with Gasteiger partial charge in [-0.3, -0.25) is 14.7 Å². The van der Waals surface area contributed by atoms with E-state index >= 15 is 0 Å². The van der Waals surface area contributed by atoms with Gasteiger partial charge < -0.3 is 15.0 Å². The van der Waals surface area contributed by atoms with E-state index < -0.39 is 0 Å². The van der Waals surface area contributed by atoms with Gasteiger partial charge in [0.25, 0.3) is 5.91 Å². The Kier molecular flexibility index (Phi) is 6.27. The first-order valence-electron chi connectivity index (χ1n) is 10.5. The molecule has 30 heavy (non-hydrogen) atoms. The maximum absolute atomic E-state index is 13.0. The summed E-state index contributed by atoms with van der Waals surface area (Å²) >= 11 is 6.11. The fourth-order valence-electron chi connectivity index (χ4n) is 4.43. The number of carbonyl (C=O) groups is 2. The van der Waals surface area contributed by atoms with E-state index in [0.29, 0.717) is 41.0 Å². The molecule has 0 saturated carbocycles. The summed E-state index contributed by atoms with van der Waals surface area (Å²) in [6.45, 7) is 1.44. The maximum atomic E-state index is 13.0. The first kappa shape index (κ1) is 20.7. The number of fused-ring (bicyclic) bond motifs is 1. The summed E-state index contributed by atoms with van der Waals surface area (Å²) in [6.07, 6.45) is 6.14. The molecule has 1 fully saturated rings. The largest absolute Gasteiger partial charge is 0.495 e. The van der Waals surface area contributed by atoms with Crippen LogP contribution in [0.2, 0.25) is 5.02 Å². The van der Waals surface area contributed by atoms with E-state index in [1.165, 1.54) is 0 Å². The van der Waals surface area contributed by atoms with E-state index in [4.69, 9.17) is 16.3 Å². The van der Waals surface area contributed by atoms with Gasteiger partial charge in [-0.15, -0.1) is 0 Å². The number of piperidine rings is 1. The van der Waals surface area contributed by atoms with E-state index in [-0.39, 0.29) is 11.8 Å². The number of ether oxygens (including phenoxy) is 1. The molecule has 1 unspecified atom stereocenters. The number of H-pyrrole nitrogens is 1. The van der Waals surface area contributed by atoms with Crippen molar-refractivity contribution in [3.05, 3.63) is 40.2 Å². The predicted molar refractivity (Wildman–Crippen MR) is 115 cm³/mol. The second-order valence-corrected chi connectivity index (χ2v) is 8.49. The molecule has 2 heterocycles. The average Bonchev–Trinajstić information content (AvgIpc) is 3.36. The number of aromatic amines is 1. The summed E-state index contributed by atoms with van der Waals surface area (Å²) in [5, 5.41) is 10.6. The van der Waals surface area contributed by atoms with Crippen molar-refractivity contribution in [1.29, 1.82) is 0 Å². The van der Waals surface area contributed by atoms with Crippen LogP contribution in [-0.4, -0.2) is 47.1 Å². The highest BCUT2D eigenvalue weighted by atomic mass is 35.5. The number of benzene rings is 1. The fourth-order valence-corrected chi connectivity index (χ4v) is 4.69. The maximum Gasteiger partial charge on any atom is 0.274 e. The molecule has 0 bridgehead atoms. The van der Waals surface area contributed by atoms with Crippen molar-refractivity contribution in [2.75, 3.05) is 25.5 Å². The monoisotopic (exact) mass is 430 g/mol. The Balaban J connectivity index is 1.29. The number of hydrogen-bond donors (Lipinski definition) is 2. The van der Waals surface area contributed by atoms with Crippen LogP contribution in [0.4, 0.5) is 5.69 Å². The number of anilines is 1. The number of amides is 2. The third-order valence-corrected chi connectivity index (χ3v) is 6.33. The predicted octanol–water partition coefficient (Wildman–Crippen LogP) is 3.83. The van der Waals surface area contributed by atoms with Crippen LogP contribution in [0.5, 0.6) is 5.75 Å². The lowest BCUT2D eigenvalue weighted by Crippen LogP contribution is -2.40. The Bertz CT molecular complexity index is 942. The summed E-state index contributed by atoms with van der Waals surface area (Å²) in [6, 6.07) is 5.18. The van der Waals surface area contributed by atoms with E-state index in [0.717, 1.165) is 56.3 Å². The highest BCUT2D eigenvalue weighted by Crippen LogP contribution is 2.28. The Morgan fingerprint density at radius 3 is 3.00 bits per heavy atom. The van der Waals surface area contributed by atoms with Gasteiger partial charge in [0.15, 0.2) is 5.69 Å². The van der Waals surface area contributed by atoms with Gasteiger partial charge in [0, 0.05) is 36.5 Å². The van der Waals surface area contributed by atoms with Gasteiger partial charge in [-0.05, 0) is 62.6 Å². The first-order chi connectivity index (χ1) is 14.5. The quantitative estimate of drug-likeness (QED) is 0.729. The van der Waals surface area contributed by atoms with Gasteiger partial charge in [-0.1, -0.05) is 11.6 Å². The number of carbonyl (C=O) groups excluding carboxylic acids is 2. The summed E-state index contributed by atoms with van der Waals surface area (Å²) in [7, 11) is 1.55. The normalized spacial score (nSPS) is 18.2. The number of likely N-dealkylation sites (tertiary alicyclic amines) is 1. The molecule has 1 aromatic carbocycles. The van der Waals surface area contributed by atoms with E-state index in [1.54, 1.807) is 25.3 Å². The smallest absolute Gasteiger partial charge is 0.274 e. The van der Waals surface area contributed by atoms with Crippen LogP contribution in [0.1, 0.15) is 53.8 Å². The molecular weight excluding hydrogens is 404 g/mol. The number of nitrogens with one attached hydrogen (secondary N) is 2. The van der Waals surface area contributed by atoms with Gasteiger partial charge >= 0.3 is 0 Å². The lowest BCUT2D eigenvalue weighted by molar-refractivity contribution is -0.116. The standard InChI is InChI=1S/C22H27ClN4O3/c1-30-19-9-8-15(12-17(19)23)24-20(28)10-7-14-4-3-11-27(13-14)22(29)21-16-5-2-6-18(16)25-26-21/h8-9,12,14H,2-7,10-11,13H2,1H3,(H,24,28)(H,25,26). The molecule has 1 aliphatic carbocycles. The first-order valence-corrected chi connectivity index (χ1v) is 10.9. The zero-order valence-corrected chi connectivity index (χ0v) is 17.9. The Morgan fingerprint density at radius 2 is 2.20 bits per heavy atom. The lowest BCUT2D eigenvalue weighted by atomic mass is 9.93. The Labute approximate surface area is 181 Å². The minimum absolute atomic E-state index is 0.0245. The number of aryl methyl sites for hydroxylation is 1. The number of hydrogen-bond acceptors (Lipinski definition) is 4. The van der Waals surface area contributed by atoms with Crippen molar-refractivity contribution < 1.29 is 14.3 Å². The van der Waals surface area contributed by atoms with E-state index in [2.05, 4.69) is 15.5 Å². The van der Waals surface area contributed by atoms with E-state index in [9.17, 15) is 9.59 Å². The molecular formula is C22H27ClN4O3. The van der Waals surface area contributed by atoms with Gasteiger partial charge in [0.2, 0.25) is 5.91 Å². The summed E-state index contributed by atoms with van der Waals surface area (Å²) < 4.78 is 5.13. The molecule has 0 radical (unpaired) electrons. The summed E-state index contributed by atoms with van der Waals surface area (Å²) in [4.78, 5) is 27.2. The number of rotatable bonds is 6. The highest BCUT2D eigenvalue weighted by Gasteiger charge is 2.30. The minimum atomic E-state index is -0.0511. The van der Waals surface area contributed by atoms with Crippen LogP contribution >= 0.6 is 11.6 Å². The minimum Gasteiger partial charge on any atom is -0.495 e. The van der Waals surface area contributed by atoms with Crippen LogP contribution in [0, 0.1) is 5.92 Å². The second kappa shape index (κ2) is 9.08. The molecule has 2 aromatic rings. The zero-order chi connectivity index (χ0) is 21.1. The third kappa shape index (κ3) is 4.46. The van der Waals surface area contributed by atoms with Gasteiger partial charge in [-0.25, -0.2) is 0 Å². The van der Waals surface area contributed by atoms with Crippen LogP contribution in [-0.2, 0) is 17.6 Å². The number of halogens is 1. The second-order valence-electron chi connectivity index (χ2n) is 8.08. The average molecular weight is 431 g/mol. The van der Waals surface area contributed by atoms with Crippen LogP contribution in [0.3, 0.4) is 0 Å². The van der Waals surface area contributed by atoms with Crippen LogP contribution in [0.15, 0.2) is 18.2 Å². The van der Waals surface area contributed by atoms with Crippen LogP contribution < -0.4 is 10.1 Å². The number of methoxy groups -OCH3 is 1.